The van der Waals surface area contributed by atoms with Gasteiger partial charge in [-0.2, -0.15) is 0 Å². The number of amides is 1. The summed E-state index contributed by atoms with van der Waals surface area (Å²) in [6, 6.07) is 3.57. The van der Waals surface area contributed by atoms with Crippen LogP contribution in [0.4, 0.5) is 0 Å². The van der Waals surface area contributed by atoms with Crippen molar-refractivity contribution >= 4 is 5.91 Å². The van der Waals surface area contributed by atoms with Gasteiger partial charge in [-0.3, -0.25) is 4.79 Å². The predicted octanol–water partition coefficient (Wildman–Crippen LogP) is 0.711. The number of methoxy groups -OCH3 is 1. The first-order valence-corrected chi connectivity index (χ1v) is 5.64. The van der Waals surface area contributed by atoms with E-state index in [0.717, 1.165) is 12.0 Å². The van der Waals surface area contributed by atoms with Gasteiger partial charge in [0.2, 0.25) is 11.8 Å². The zero-order valence-corrected chi connectivity index (χ0v) is 10.1. The third kappa shape index (κ3) is 2.24. The second-order valence-electron chi connectivity index (χ2n) is 4.29. The van der Waals surface area contributed by atoms with Crippen LogP contribution < -0.4 is 10.5 Å². The third-order valence-corrected chi connectivity index (χ3v) is 3.22. The summed E-state index contributed by atoms with van der Waals surface area (Å²) in [5.74, 6) is 0.694. The van der Waals surface area contributed by atoms with Gasteiger partial charge in [0.15, 0.2) is 0 Å². The fourth-order valence-corrected chi connectivity index (χ4v) is 2.22. The summed E-state index contributed by atoms with van der Waals surface area (Å²) >= 11 is 0. The van der Waals surface area contributed by atoms with Crippen molar-refractivity contribution in [3.8, 4) is 5.88 Å². The first kappa shape index (κ1) is 11.9. The number of likely N-dealkylation sites (tertiary alicyclic amines) is 1. The number of nitrogens with zero attached hydrogens (tertiary/aromatic N) is 2. The summed E-state index contributed by atoms with van der Waals surface area (Å²) in [4.78, 5) is 17.5. The molecule has 1 aliphatic rings. The lowest BCUT2D eigenvalue weighted by Crippen LogP contribution is -2.46. The van der Waals surface area contributed by atoms with Gasteiger partial charge < -0.3 is 15.4 Å². The molecule has 1 aliphatic heterocycles. The number of likely N-dealkylation sites (N-methyl/N-ethyl adjacent to an activating group) is 1. The van der Waals surface area contributed by atoms with Gasteiger partial charge in [0.1, 0.15) is 0 Å². The molecule has 5 nitrogen and oxygen atoms in total. The molecule has 0 saturated carbocycles. The van der Waals surface area contributed by atoms with E-state index in [1.165, 1.54) is 0 Å². The monoisotopic (exact) mass is 235 g/mol. The van der Waals surface area contributed by atoms with Gasteiger partial charge in [0.25, 0.3) is 0 Å². The highest BCUT2D eigenvalue weighted by Gasteiger charge is 2.32. The lowest BCUT2D eigenvalue weighted by Gasteiger charge is -2.37. The molecule has 2 heterocycles. The molecule has 17 heavy (non-hydrogen) atoms. The van der Waals surface area contributed by atoms with Crippen LogP contribution in [0, 0.1) is 0 Å². The van der Waals surface area contributed by atoms with Crippen molar-refractivity contribution in [2.75, 3.05) is 14.2 Å². The lowest BCUT2D eigenvalue weighted by molar-refractivity contribution is -0.135. The number of nitrogens with two attached hydrogens (primary N) is 1. The minimum absolute atomic E-state index is 0.0344. The fraction of sp³-hybridized carbons (Fsp3) is 0.500. The van der Waals surface area contributed by atoms with Crippen LogP contribution >= 0.6 is 0 Å². The molecule has 0 aliphatic carbocycles. The van der Waals surface area contributed by atoms with Crippen LogP contribution in [0.3, 0.4) is 0 Å². The molecule has 2 unspecified atom stereocenters. The Kier molecular flexibility index (Phi) is 3.28. The molecular weight excluding hydrogens is 218 g/mol. The van der Waals surface area contributed by atoms with Crippen LogP contribution in [0.5, 0.6) is 5.88 Å². The minimum Gasteiger partial charge on any atom is -0.481 e. The van der Waals surface area contributed by atoms with E-state index in [1.54, 1.807) is 31.3 Å². The average molecular weight is 235 g/mol. The molecule has 2 atom stereocenters. The van der Waals surface area contributed by atoms with E-state index in [-0.39, 0.29) is 18.0 Å². The van der Waals surface area contributed by atoms with Crippen LogP contribution in [-0.2, 0) is 4.79 Å². The van der Waals surface area contributed by atoms with Crippen LogP contribution in [0.15, 0.2) is 18.3 Å². The van der Waals surface area contributed by atoms with E-state index < -0.39 is 0 Å². The lowest BCUT2D eigenvalue weighted by atomic mass is 9.92. The molecule has 2 N–H and O–H groups in total. The first-order chi connectivity index (χ1) is 8.13. The number of pyridine rings is 1. The quantitative estimate of drug-likeness (QED) is 0.819. The molecule has 0 bridgehead atoms. The zero-order valence-electron chi connectivity index (χ0n) is 10.1. The van der Waals surface area contributed by atoms with Gasteiger partial charge in [-0.1, -0.05) is 0 Å². The fourth-order valence-electron chi connectivity index (χ4n) is 2.22. The Morgan fingerprint density at radius 3 is 2.88 bits per heavy atom. The first-order valence-electron chi connectivity index (χ1n) is 5.64. The molecule has 1 fully saturated rings. The molecule has 1 amide bonds. The SMILES string of the molecule is COc1ccc(C2C(N)CCC(=O)N2C)cn1. The predicted molar refractivity (Wildman–Crippen MR) is 63.5 cm³/mol. The summed E-state index contributed by atoms with van der Waals surface area (Å²) < 4.78 is 5.01. The number of carbonyl (C=O) groups excluding carboxylic acids is 1. The second kappa shape index (κ2) is 4.71. The standard InChI is InChI=1S/C12H17N3O2/c1-15-11(16)6-4-9(13)12(15)8-3-5-10(17-2)14-7-8/h3,5,7,9,12H,4,6,13H2,1-2H3. The van der Waals surface area contributed by atoms with Crippen LogP contribution in [-0.4, -0.2) is 36.0 Å². The van der Waals surface area contributed by atoms with E-state index in [9.17, 15) is 4.79 Å². The average Bonchev–Trinajstić information content (AvgIpc) is 2.35. The topological polar surface area (TPSA) is 68.5 Å². The summed E-state index contributed by atoms with van der Waals surface area (Å²) in [6.07, 6.45) is 2.97. The molecule has 1 aromatic heterocycles. The molecule has 5 heteroatoms. The number of carbonyl (C=O) groups is 1. The highest BCUT2D eigenvalue weighted by molar-refractivity contribution is 5.77. The number of aromatic nitrogens is 1. The summed E-state index contributed by atoms with van der Waals surface area (Å²) in [5.41, 5.74) is 7.03. The Morgan fingerprint density at radius 2 is 2.29 bits per heavy atom. The van der Waals surface area contributed by atoms with E-state index in [0.29, 0.717) is 12.3 Å². The molecular formula is C12H17N3O2. The highest BCUT2D eigenvalue weighted by atomic mass is 16.5. The van der Waals surface area contributed by atoms with Crippen molar-refractivity contribution in [3.05, 3.63) is 23.9 Å². The van der Waals surface area contributed by atoms with Crippen molar-refractivity contribution in [1.29, 1.82) is 0 Å². The molecule has 1 aromatic rings. The number of ether oxygens (including phenoxy) is 1. The molecule has 92 valence electrons. The Morgan fingerprint density at radius 1 is 1.53 bits per heavy atom. The van der Waals surface area contributed by atoms with Crippen LogP contribution in [0.25, 0.3) is 0 Å². The largest absolute Gasteiger partial charge is 0.481 e. The summed E-state index contributed by atoms with van der Waals surface area (Å²) in [7, 11) is 3.36. The van der Waals surface area contributed by atoms with Crippen LogP contribution in [0.2, 0.25) is 0 Å². The number of hydrogen-bond donors (Lipinski definition) is 1. The van der Waals surface area contributed by atoms with Crippen molar-refractivity contribution in [1.82, 2.24) is 9.88 Å². The van der Waals surface area contributed by atoms with Gasteiger partial charge in [-0.05, 0) is 18.1 Å². The summed E-state index contributed by atoms with van der Waals surface area (Å²) in [5, 5.41) is 0. The van der Waals surface area contributed by atoms with Crippen molar-refractivity contribution in [2.24, 2.45) is 5.73 Å². The second-order valence-corrected chi connectivity index (χ2v) is 4.29. The minimum atomic E-state index is -0.0883. The molecule has 0 aromatic carbocycles. The number of piperidine rings is 1. The van der Waals surface area contributed by atoms with E-state index in [4.69, 9.17) is 10.5 Å². The smallest absolute Gasteiger partial charge is 0.222 e. The normalized spacial score (nSPS) is 24.9. The Labute approximate surface area is 101 Å². The van der Waals surface area contributed by atoms with E-state index in [2.05, 4.69) is 4.98 Å². The van der Waals surface area contributed by atoms with Gasteiger partial charge in [0, 0.05) is 31.8 Å². The van der Waals surface area contributed by atoms with E-state index >= 15 is 0 Å². The van der Waals surface area contributed by atoms with Crippen LogP contribution in [0.1, 0.15) is 24.4 Å². The number of rotatable bonds is 2. The zero-order chi connectivity index (χ0) is 12.4. The van der Waals surface area contributed by atoms with Gasteiger partial charge in [-0.15, -0.1) is 0 Å². The van der Waals surface area contributed by atoms with Crippen molar-refractivity contribution in [3.63, 3.8) is 0 Å². The van der Waals surface area contributed by atoms with Crippen molar-refractivity contribution in [2.45, 2.75) is 24.9 Å². The van der Waals surface area contributed by atoms with Gasteiger partial charge in [0.05, 0.1) is 13.2 Å². The Bertz CT molecular complexity index is 405. The maximum atomic E-state index is 11.7. The van der Waals surface area contributed by atoms with Gasteiger partial charge in [-0.25, -0.2) is 4.98 Å². The molecule has 0 spiro atoms. The molecule has 2 rings (SSSR count). The molecule has 1 saturated heterocycles. The maximum Gasteiger partial charge on any atom is 0.222 e. The molecule has 0 radical (unpaired) electrons. The maximum absolute atomic E-state index is 11.7. The highest BCUT2D eigenvalue weighted by Crippen LogP contribution is 2.29. The van der Waals surface area contributed by atoms with E-state index in [1.807, 2.05) is 6.07 Å². The van der Waals surface area contributed by atoms with Gasteiger partial charge >= 0.3 is 0 Å². The summed E-state index contributed by atoms with van der Waals surface area (Å²) in [6.45, 7) is 0. The third-order valence-electron chi connectivity index (χ3n) is 3.22. The number of hydrogen-bond acceptors (Lipinski definition) is 4. The Hall–Kier alpha value is -1.62. The Balaban J connectivity index is 2.26. The van der Waals surface area contributed by atoms with Crippen molar-refractivity contribution < 1.29 is 9.53 Å².